The number of ether oxygens (including phenoxy) is 1. The molecule has 0 amide bonds. The average Bonchev–Trinajstić information content (AvgIpc) is 3.28. The number of rotatable bonds is 4. The second-order valence-corrected chi connectivity index (χ2v) is 5.19. The Morgan fingerprint density at radius 1 is 1.14 bits per heavy atom. The van der Waals surface area contributed by atoms with E-state index < -0.39 is 0 Å². The Labute approximate surface area is 147 Å². The van der Waals surface area contributed by atoms with Gasteiger partial charge in [0.1, 0.15) is 5.75 Å². The number of benzene rings is 2. The molecule has 0 heterocycles. The van der Waals surface area contributed by atoms with Crippen molar-refractivity contribution in [2.24, 2.45) is 10.7 Å². The van der Waals surface area contributed by atoms with E-state index in [4.69, 9.17) is 10.5 Å². The van der Waals surface area contributed by atoms with Crippen LogP contribution in [0.15, 0.2) is 59.6 Å². The lowest BCUT2D eigenvalue weighted by molar-refractivity contribution is 0.415. The van der Waals surface area contributed by atoms with Gasteiger partial charge in [0.25, 0.3) is 0 Å². The van der Waals surface area contributed by atoms with Gasteiger partial charge >= 0.3 is 0 Å². The molecule has 0 bridgehead atoms. The number of nitrogens with two attached hydrogens (primary N) is 1. The van der Waals surface area contributed by atoms with Crippen molar-refractivity contribution in [3.8, 4) is 5.75 Å². The first-order chi connectivity index (χ1) is 10.3. The Kier molecular flexibility index (Phi) is 5.65. The van der Waals surface area contributed by atoms with Gasteiger partial charge in [-0.1, -0.05) is 30.3 Å². The third-order valence-corrected chi connectivity index (χ3v) is 3.65. The van der Waals surface area contributed by atoms with Gasteiger partial charge in [0.05, 0.1) is 13.2 Å². The van der Waals surface area contributed by atoms with Crippen LogP contribution in [-0.4, -0.2) is 19.1 Å². The number of methoxy groups -OCH3 is 1. The van der Waals surface area contributed by atoms with E-state index in [9.17, 15) is 0 Å². The summed E-state index contributed by atoms with van der Waals surface area (Å²) in [4.78, 5) is 4.54. The Morgan fingerprint density at radius 3 is 2.45 bits per heavy atom. The van der Waals surface area contributed by atoms with Gasteiger partial charge in [0.15, 0.2) is 5.96 Å². The maximum absolute atomic E-state index is 5.97. The van der Waals surface area contributed by atoms with Gasteiger partial charge < -0.3 is 15.8 Å². The molecule has 2 atom stereocenters. The Bertz CT molecular complexity index is 628. The van der Waals surface area contributed by atoms with E-state index in [1.54, 1.807) is 7.11 Å². The Balaban J connectivity index is 0.00000176. The van der Waals surface area contributed by atoms with Crippen LogP contribution in [0.3, 0.4) is 0 Å². The molecule has 0 spiro atoms. The van der Waals surface area contributed by atoms with Gasteiger partial charge in [-0.25, -0.2) is 4.99 Å². The van der Waals surface area contributed by atoms with Crippen LogP contribution in [-0.2, 0) is 0 Å². The van der Waals surface area contributed by atoms with E-state index in [1.807, 2.05) is 30.3 Å². The van der Waals surface area contributed by atoms with Gasteiger partial charge in [0.2, 0.25) is 0 Å². The van der Waals surface area contributed by atoms with E-state index in [0.717, 1.165) is 17.9 Å². The average molecular weight is 409 g/mol. The summed E-state index contributed by atoms with van der Waals surface area (Å²) in [5, 5.41) is 3.11. The summed E-state index contributed by atoms with van der Waals surface area (Å²) in [6.07, 6.45) is 1.06. The fraction of sp³-hybridized carbons (Fsp3) is 0.235. The van der Waals surface area contributed by atoms with Crippen LogP contribution >= 0.6 is 24.0 Å². The van der Waals surface area contributed by atoms with E-state index in [2.05, 4.69) is 34.6 Å². The quantitative estimate of drug-likeness (QED) is 0.461. The predicted octanol–water partition coefficient (Wildman–Crippen LogP) is 3.60. The summed E-state index contributed by atoms with van der Waals surface area (Å²) in [7, 11) is 1.65. The number of nitrogens with one attached hydrogen (secondary N) is 1. The minimum Gasteiger partial charge on any atom is -0.497 e. The number of nitrogens with zero attached hydrogens (tertiary/aromatic N) is 1. The maximum Gasteiger partial charge on any atom is 0.193 e. The smallest absolute Gasteiger partial charge is 0.193 e. The molecule has 3 N–H and O–H groups in total. The molecule has 4 nitrogen and oxygen atoms in total. The van der Waals surface area contributed by atoms with Crippen LogP contribution in [0.25, 0.3) is 0 Å². The van der Waals surface area contributed by atoms with Crippen LogP contribution < -0.4 is 15.8 Å². The molecule has 5 heteroatoms. The highest BCUT2D eigenvalue weighted by molar-refractivity contribution is 14.0. The van der Waals surface area contributed by atoms with E-state index in [1.165, 1.54) is 5.56 Å². The summed E-state index contributed by atoms with van der Waals surface area (Å²) in [6, 6.07) is 18.4. The molecule has 1 fully saturated rings. The van der Waals surface area contributed by atoms with Crippen LogP contribution in [0.5, 0.6) is 5.75 Å². The molecule has 2 aromatic carbocycles. The van der Waals surface area contributed by atoms with Crippen molar-refractivity contribution in [2.45, 2.75) is 18.4 Å². The van der Waals surface area contributed by atoms with Crippen molar-refractivity contribution >= 4 is 35.6 Å². The lowest BCUT2D eigenvalue weighted by atomic mass is 10.1. The molecule has 22 heavy (non-hydrogen) atoms. The number of halogens is 1. The first-order valence-corrected chi connectivity index (χ1v) is 7.05. The zero-order chi connectivity index (χ0) is 14.7. The number of hydrogen-bond donors (Lipinski definition) is 2. The van der Waals surface area contributed by atoms with Gasteiger partial charge in [-0.2, -0.15) is 0 Å². The van der Waals surface area contributed by atoms with Crippen molar-refractivity contribution < 1.29 is 4.74 Å². The highest BCUT2D eigenvalue weighted by Crippen LogP contribution is 2.43. The highest BCUT2D eigenvalue weighted by Gasteiger charge is 2.38. The number of anilines is 1. The van der Waals surface area contributed by atoms with Crippen molar-refractivity contribution in [1.82, 2.24) is 0 Å². The second-order valence-electron chi connectivity index (χ2n) is 5.19. The topological polar surface area (TPSA) is 59.6 Å². The van der Waals surface area contributed by atoms with Gasteiger partial charge in [0, 0.05) is 11.6 Å². The Morgan fingerprint density at radius 2 is 1.82 bits per heavy atom. The standard InChI is InChI=1S/C17H19N3O.HI/c1-21-14-9-7-13(8-10-14)19-17(18)20-16-11-15(16)12-5-3-2-4-6-12;/h2-10,15-16H,11H2,1H3,(H3,18,19,20);1H. The van der Waals surface area contributed by atoms with Crippen molar-refractivity contribution in [2.75, 3.05) is 12.4 Å². The van der Waals surface area contributed by atoms with E-state index >= 15 is 0 Å². The molecule has 2 unspecified atom stereocenters. The Hall–Kier alpha value is -1.76. The van der Waals surface area contributed by atoms with Crippen molar-refractivity contribution in [3.63, 3.8) is 0 Å². The molecular weight excluding hydrogens is 389 g/mol. The van der Waals surface area contributed by atoms with Crippen molar-refractivity contribution in [3.05, 3.63) is 60.2 Å². The molecule has 1 saturated carbocycles. The van der Waals surface area contributed by atoms with Crippen LogP contribution in [0.1, 0.15) is 17.9 Å². The zero-order valence-electron chi connectivity index (χ0n) is 12.4. The molecule has 0 aromatic heterocycles. The summed E-state index contributed by atoms with van der Waals surface area (Å²) in [6.45, 7) is 0. The van der Waals surface area contributed by atoms with Gasteiger partial charge in [-0.3, -0.25) is 0 Å². The van der Waals surface area contributed by atoms with Gasteiger partial charge in [-0.15, -0.1) is 24.0 Å². The largest absolute Gasteiger partial charge is 0.497 e. The third kappa shape index (κ3) is 4.13. The van der Waals surface area contributed by atoms with Crippen LogP contribution in [0.2, 0.25) is 0 Å². The molecule has 0 saturated heterocycles. The van der Waals surface area contributed by atoms with Gasteiger partial charge in [-0.05, 0) is 36.2 Å². The van der Waals surface area contributed by atoms with Crippen LogP contribution in [0, 0.1) is 0 Å². The first-order valence-electron chi connectivity index (χ1n) is 7.05. The molecule has 1 aliphatic rings. The van der Waals surface area contributed by atoms with Crippen molar-refractivity contribution in [1.29, 1.82) is 0 Å². The molecular formula is C17H20IN3O. The number of aliphatic imine (C=N–C) groups is 1. The SMILES string of the molecule is COc1ccc(NC(N)=NC2CC2c2ccccc2)cc1.I. The first kappa shape index (κ1) is 16.6. The summed E-state index contributed by atoms with van der Waals surface area (Å²) >= 11 is 0. The monoisotopic (exact) mass is 409 g/mol. The molecule has 116 valence electrons. The highest BCUT2D eigenvalue weighted by atomic mass is 127. The zero-order valence-corrected chi connectivity index (χ0v) is 14.7. The van der Waals surface area contributed by atoms with Crippen LogP contribution in [0.4, 0.5) is 5.69 Å². The fourth-order valence-corrected chi connectivity index (χ4v) is 2.42. The number of hydrogen-bond acceptors (Lipinski definition) is 2. The molecule has 3 rings (SSSR count). The third-order valence-electron chi connectivity index (χ3n) is 3.65. The minimum absolute atomic E-state index is 0. The lowest BCUT2D eigenvalue weighted by Crippen LogP contribution is -2.23. The molecule has 0 radical (unpaired) electrons. The molecule has 1 aliphatic carbocycles. The summed E-state index contributed by atoms with van der Waals surface area (Å²) in [5.41, 5.74) is 8.21. The summed E-state index contributed by atoms with van der Waals surface area (Å²) in [5.74, 6) is 1.79. The van der Waals surface area contributed by atoms with E-state index in [0.29, 0.717) is 11.9 Å². The second kappa shape index (κ2) is 7.49. The molecule has 0 aliphatic heterocycles. The summed E-state index contributed by atoms with van der Waals surface area (Å²) < 4.78 is 5.12. The lowest BCUT2D eigenvalue weighted by Gasteiger charge is -2.06. The fourth-order valence-electron chi connectivity index (χ4n) is 2.42. The normalized spacial score (nSPS) is 20.0. The molecule has 2 aromatic rings. The predicted molar refractivity (Wildman–Crippen MR) is 101 cm³/mol. The minimum atomic E-state index is 0. The van der Waals surface area contributed by atoms with E-state index in [-0.39, 0.29) is 30.0 Å². The number of guanidine groups is 1. The maximum atomic E-state index is 5.97.